The highest BCUT2D eigenvalue weighted by Crippen LogP contribution is 2.25. The molecule has 4 nitrogen and oxygen atoms in total. The summed E-state index contributed by atoms with van der Waals surface area (Å²) in [4.78, 5) is 4.31. The van der Waals surface area contributed by atoms with E-state index in [1.165, 1.54) is 0 Å². The van der Waals surface area contributed by atoms with Gasteiger partial charge >= 0.3 is 0 Å². The predicted octanol–water partition coefficient (Wildman–Crippen LogP) is 3.57. The molecular weight excluding hydrogens is 238 g/mol. The van der Waals surface area contributed by atoms with Crippen molar-refractivity contribution in [2.24, 2.45) is 0 Å². The Morgan fingerprint density at radius 1 is 0.947 bits per heavy atom. The van der Waals surface area contributed by atoms with Gasteiger partial charge in [0, 0.05) is 5.56 Å². The van der Waals surface area contributed by atoms with Gasteiger partial charge in [0.05, 0.1) is 0 Å². The minimum Gasteiger partial charge on any atom is -0.457 e. The van der Waals surface area contributed by atoms with Gasteiger partial charge in [0.25, 0.3) is 0 Å². The SMILES string of the molecule is Cc1nc(-c2cccc(Oc3ccccc3)c2)n[nH]1. The van der Waals surface area contributed by atoms with Gasteiger partial charge in [-0.2, -0.15) is 5.10 Å². The van der Waals surface area contributed by atoms with Crippen molar-refractivity contribution in [1.82, 2.24) is 15.2 Å². The number of para-hydroxylation sites is 1. The second-order valence-corrected chi connectivity index (χ2v) is 4.19. The number of hydrogen-bond acceptors (Lipinski definition) is 3. The molecule has 0 aliphatic rings. The molecule has 0 unspecified atom stereocenters. The number of aromatic amines is 1. The van der Waals surface area contributed by atoms with Gasteiger partial charge in [0.2, 0.25) is 0 Å². The first-order valence-corrected chi connectivity index (χ1v) is 6.03. The first-order chi connectivity index (χ1) is 9.31. The Labute approximate surface area is 111 Å². The summed E-state index contributed by atoms with van der Waals surface area (Å²) in [6.07, 6.45) is 0. The molecule has 94 valence electrons. The van der Waals surface area contributed by atoms with Crippen LogP contribution in [0.4, 0.5) is 0 Å². The zero-order valence-corrected chi connectivity index (χ0v) is 10.5. The lowest BCUT2D eigenvalue weighted by Crippen LogP contribution is -1.86. The fourth-order valence-corrected chi connectivity index (χ4v) is 1.80. The average Bonchev–Trinajstić information content (AvgIpc) is 2.87. The molecule has 3 aromatic rings. The van der Waals surface area contributed by atoms with Gasteiger partial charge in [-0.05, 0) is 31.2 Å². The average molecular weight is 251 g/mol. The molecule has 1 aromatic heterocycles. The van der Waals surface area contributed by atoms with Crippen LogP contribution < -0.4 is 4.74 Å². The highest BCUT2D eigenvalue weighted by atomic mass is 16.5. The Hall–Kier alpha value is -2.62. The quantitative estimate of drug-likeness (QED) is 0.774. The lowest BCUT2D eigenvalue weighted by Gasteiger charge is -2.06. The molecule has 0 aliphatic carbocycles. The summed E-state index contributed by atoms with van der Waals surface area (Å²) in [6.45, 7) is 1.88. The summed E-state index contributed by atoms with van der Waals surface area (Å²) in [6, 6.07) is 17.4. The van der Waals surface area contributed by atoms with Crippen molar-refractivity contribution in [2.45, 2.75) is 6.92 Å². The van der Waals surface area contributed by atoms with E-state index in [0.717, 1.165) is 22.9 Å². The van der Waals surface area contributed by atoms with Crippen LogP contribution in [0.3, 0.4) is 0 Å². The smallest absolute Gasteiger partial charge is 0.181 e. The van der Waals surface area contributed by atoms with Crippen molar-refractivity contribution in [1.29, 1.82) is 0 Å². The normalized spacial score (nSPS) is 10.4. The second-order valence-electron chi connectivity index (χ2n) is 4.19. The van der Waals surface area contributed by atoms with Crippen molar-refractivity contribution in [3.8, 4) is 22.9 Å². The van der Waals surface area contributed by atoms with Crippen LogP contribution in [0.2, 0.25) is 0 Å². The number of nitrogens with one attached hydrogen (secondary N) is 1. The molecule has 0 aliphatic heterocycles. The topological polar surface area (TPSA) is 50.8 Å². The number of benzene rings is 2. The first-order valence-electron chi connectivity index (χ1n) is 6.03. The van der Waals surface area contributed by atoms with E-state index in [0.29, 0.717) is 5.82 Å². The van der Waals surface area contributed by atoms with E-state index < -0.39 is 0 Å². The van der Waals surface area contributed by atoms with Crippen LogP contribution in [-0.2, 0) is 0 Å². The highest BCUT2D eigenvalue weighted by Gasteiger charge is 2.05. The molecule has 0 saturated heterocycles. The molecule has 1 N–H and O–H groups in total. The predicted molar refractivity (Wildman–Crippen MR) is 73.1 cm³/mol. The van der Waals surface area contributed by atoms with Crippen LogP contribution in [0.1, 0.15) is 5.82 Å². The van der Waals surface area contributed by atoms with Gasteiger partial charge in [0.15, 0.2) is 5.82 Å². The fourth-order valence-electron chi connectivity index (χ4n) is 1.80. The summed E-state index contributed by atoms with van der Waals surface area (Å²) in [5, 5.41) is 6.98. The molecule has 0 bridgehead atoms. The Kier molecular flexibility index (Phi) is 2.98. The lowest BCUT2D eigenvalue weighted by atomic mass is 10.2. The molecule has 0 fully saturated rings. The largest absolute Gasteiger partial charge is 0.457 e. The maximum Gasteiger partial charge on any atom is 0.181 e. The van der Waals surface area contributed by atoms with Gasteiger partial charge in [-0.1, -0.05) is 30.3 Å². The third-order valence-corrected chi connectivity index (χ3v) is 2.67. The first kappa shape index (κ1) is 11.5. The summed E-state index contributed by atoms with van der Waals surface area (Å²) in [5.41, 5.74) is 0.929. The molecule has 0 radical (unpaired) electrons. The van der Waals surface area contributed by atoms with Crippen LogP contribution in [-0.4, -0.2) is 15.2 Å². The van der Waals surface area contributed by atoms with Crippen LogP contribution in [0, 0.1) is 6.92 Å². The van der Waals surface area contributed by atoms with Gasteiger partial charge in [-0.25, -0.2) is 4.98 Å². The van der Waals surface area contributed by atoms with Crippen LogP contribution in [0.25, 0.3) is 11.4 Å². The molecule has 3 rings (SSSR count). The van der Waals surface area contributed by atoms with Crippen LogP contribution >= 0.6 is 0 Å². The molecule has 0 saturated carbocycles. The number of aromatic nitrogens is 3. The summed E-state index contributed by atoms with van der Waals surface area (Å²) >= 11 is 0. The Morgan fingerprint density at radius 3 is 2.47 bits per heavy atom. The number of H-pyrrole nitrogens is 1. The standard InChI is InChI=1S/C15H13N3O/c1-11-16-15(18-17-11)12-6-5-9-14(10-12)19-13-7-3-2-4-8-13/h2-10H,1H3,(H,16,17,18). The van der Waals surface area contributed by atoms with Gasteiger partial charge in [-0.3, -0.25) is 5.10 Å². The zero-order chi connectivity index (χ0) is 13.1. The second kappa shape index (κ2) is 4.94. The van der Waals surface area contributed by atoms with Crippen molar-refractivity contribution in [3.63, 3.8) is 0 Å². The molecule has 0 amide bonds. The Bertz CT molecular complexity index is 677. The molecule has 2 aromatic carbocycles. The minimum atomic E-state index is 0.677. The van der Waals surface area contributed by atoms with Gasteiger partial charge in [-0.15, -0.1) is 0 Å². The highest BCUT2D eigenvalue weighted by molar-refractivity contribution is 5.57. The van der Waals surface area contributed by atoms with E-state index in [4.69, 9.17) is 4.74 Å². The van der Waals surface area contributed by atoms with Crippen molar-refractivity contribution < 1.29 is 4.74 Å². The molecule has 4 heteroatoms. The molecule has 0 atom stereocenters. The van der Waals surface area contributed by atoms with Gasteiger partial charge < -0.3 is 4.74 Å². The van der Waals surface area contributed by atoms with Crippen molar-refractivity contribution in [2.75, 3.05) is 0 Å². The monoisotopic (exact) mass is 251 g/mol. The maximum atomic E-state index is 5.78. The molecular formula is C15H13N3O. The molecule has 0 spiro atoms. The summed E-state index contributed by atoms with van der Waals surface area (Å²) in [7, 11) is 0. The number of aryl methyl sites for hydroxylation is 1. The van der Waals surface area contributed by atoms with E-state index in [1.807, 2.05) is 61.5 Å². The summed E-state index contributed by atoms with van der Waals surface area (Å²) < 4.78 is 5.78. The zero-order valence-electron chi connectivity index (χ0n) is 10.5. The Balaban J connectivity index is 1.88. The van der Waals surface area contributed by atoms with Gasteiger partial charge in [0.1, 0.15) is 17.3 Å². The lowest BCUT2D eigenvalue weighted by molar-refractivity contribution is 0.483. The Morgan fingerprint density at radius 2 is 1.74 bits per heavy atom. The van der Waals surface area contributed by atoms with Crippen LogP contribution in [0.5, 0.6) is 11.5 Å². The number of rotatable bonds is 3. The number of nitrogens with zero attached hydrogens (tertiary/aromatic N) is 2. The summed E-state index contributed by atoms with van der Waals surface area (Å²) in [5.74, 6) is 3.05. The molecule has 1 heterocycles. The van der Waals surface area contributed by atoms with Crippen molar-refractivity contribution >= 4 is 0 Å². The van der Waals surface area contributed by atoms with E-state index in [1.54, 1.807) is 0 Å². The van der Waals surface area contributed by atoms with Crippen molar-refractivity contribution in [3.05, 3.63) is 60.4 Å². The van der Waals surface area contributed by atoms with E-state index in [2.05, 4.69) is 15.2 Å². The third kappa shape index (κ3) is 2.63. The molecule has 19 heavy (non-hydrogen) atoms. The fraction of sp³-hybridized carbons (Fsp3) is 0.0667. The van der Waals surface area contributed by atoms with Crippen LogP contribution in [0.15, 0.2) is 54.6 Å². The number of hydrogen-bond donors (Lipinski definition) is 1. The van der Waals surface area contributed by atoms with E-state index >= 15 is 0 Å². The number of ether oxygens (including phenoxy) is 1. The van der Waals surface area contributed by atoms with E-state index in [9.17, 15) is 0 Å². The minimum absolute atomic E-state index is 0.677. The van der Waals surface area contributed by atoms with E-state index in [-0.39, 0.29) is 0 Å². The maximum absolute atomic E-state index is 5.78. The third-order valence-electron chi connectivity index (χ3n) is 2.67.